The minimum Gasteiger partial charge on any atom is -0.277 e. The van der Waals surface area contributed by atoms with Gasteiger partial charge in [-0.05, 0) is 18.1 Å². The molecule has 0 fully saturated rings. The molecule has 2 aromatic heterocycles. The van der Waals surface area contributed by atoms with Gasteiger partial charge in [-0.1, -0.05) is 49.4 Å². The fourth-order valence-electron chi connectivity index (χ4n) is 2.91. The van der Waals surface area contributed by atoms with E-state index in [2.05, 4.69) is 51.9 Å². The molecule has 5 nitrogen and oxygen atoms in total. The zero-order chi connectivity index (χ0) is 18.6. The molecular weight excluding hydrogens is 356 g/mol. The van der Waals surface area contributed by atoms with Gasteiger partial charge in [0.05, 0.1) is 23.7 Å². The second-order valence-corrected chi connectivity index (χ2v) is 7.01. The van der Waals surface area contributed by atoms with Crippen molar-refractivity contribution in [2.45, 2.75) is 13.3 Å². The van der Waals surface area contributed by atoms with Crippen molar-refractivity contribution in [1.29, 1.82) is 0 Å². The minimum absolute atomic E-state index is 0.221. The number of carbonyl (C=O) groups is 1. The van der Waals surface area contributed by atoms with Crippen LogP contribution in [0.2, 0.25) is 0 Å². The topological polar surface area (TPSA) is 70.1 Å². The van der Waals surface area contributed by atoms with Crippen LogP contribution >= 0.6 is 11.3 Å². The summed E-state index contributed by atoms with van der Waals surface area (Å²) in [6.45, 7) is 2.13. The van der Waals surface area contributed by atoms with Gasteiger partial charge in [0.1, 0.15) is 0 Å². The van der Waals surface area contributed by atoms with Crippen molar-refractivity contribution in [3.8, 4) is 11.3 Å². The van der Waals surface area contributed by atoms with E-state index in [1.165, 1.54) is 5.56 Å². The largest absolute Gasteiger partial charge is 0.277 e. The number of aryl methyl sites for hydroxylation is 1. The predicted octanol–water partition coefficient (Wildman–Crippen LogP) is 4.62. The lowest BCUT2D eigenvalue weighted by Gasteiger charge is -2.02. The number of hydrogen-bond acceptors (Lipinski definition) is 4. The molecule has 4 aromatic rings. The highest BCUT2D eigenvalue weighted by Gasteiger charge is 2.11. The van der Waals surface area contributed by atoms with Gasteiger partial charge in [-0.15, -0.1) is 11.3 Å². The predicted molar refractivity (Wildman–Crippen MR) is 110 cm³/mol. The minimum atomic E-state index is -0.221. The number of amides is 1. The Bertz CT molecular complexity index is 1110. The van der Waals surface area contributed by atoms with Gasteiger partial charge in [0.15, 0.2) is 0 Å². The van der Waals surface area contributed by atoms with Gasteiger partial charge >= 0.3 is 0 Å². The molecule has 2 aromatic carbocycles. The van der Waals surface area contributed by atoms with Crippen LogP contribution in [0.4, 0.5) is 0 Å². The van der Waals surface area contributed by atoms with Crippen molar-refractivity contribution >= 4 is 33.5 Å². The number of aromatic nitrogens is 2. The summed E-state index contributed by atoms with van der Waals surface area (Å²) in [5, 5.41) is 14.0. The number of nitrogens with one attached hydrogen (secondary N) is 2. The highest BCUT2D eigenvalue weighted by atomic mass is 32.1. The molecule has 0 aliphatic carbocycles. The van der Waals surface area contributed by atoms with Gasteiger partial charge in [-0.25, -0.2) is 5.43 Å². The highest BCUT2D eigenvalue weighted by molar-refractivity contribution is 7.17. The fourth-order valence-corrected chi connectivity index (χ4v) is 3.85. The summed E-state index contributed by atoms with van der Waals surface area (Å²) in [6, 6.07) is 16.1. The Morgan fingerprint density at radius 2 is 2.04 bits per heavy atom. The van der Waals surface area contributed by atoms with Crippen LogP contribution in [0.15, 0.2) is 65.2 Å². The van der Waals surface area contributed by atoms with Crippen LogP contribution in [0.1, 0.15) is 28.4 Å². The van der Waals surface area contributed by atoms with Crippen LogP contribution in [0.5, 0.6) is 0 Å². The van der Waals surface area contributed by atoms with Gasteiger partial charge in [0.25, 0.3) is 5.91 Å². The summed E-state index contributed by atoms with van der Waals surface area (Å²) < 4.78 is 1.08. The van der Waals surface area contributed by atoms with Crippen molar-refractivity contribution in [1.82, 2.24) is 15.6 Å². The third-order valence-corrected chi connectivity index (χ3v) is 5.38. The first-order valence-corrected chi connectivity index (χ1v) is 9.56. The van der Waals surface area contributed by atoms with Gasteiger partial charge in [-0.3, -0.25) is 9.89 Å². The average molecular weight is 374 g/mol. The van der Waals surface area contributed by atoms with E-state index >= 15 is 0 Å². The van der Waals surface area contributed by atoms with Crippen LogP contribution in [0.25, 0.3) is 21.3 Å². The molecule has 134 valence electrons. The standard InChI is InChI=1S/C21H18N4OS/c1-2-14-7-9-15(10-8-14)20-16(11-22-24-20)12-23-25-21(26)18-13-27-19-6-4-3-5-17(18)19/h3-13H,2H2,1H3,(H,22,24)(H,25,26)/b23-12-. The molecule has 0 unspecified atom stereocenters. The number of aromatic amines is 1. The van der Waals surface area contributed by atoms with E-state index < -0.39 is 0 Å². The molecule has 0 saturated heterocycles. The van der Waals surface area contributed by atoms with Crippen LogP contribution in [0, 0.1) is 0 Å². The number of hydrazone groups is 1. The summed E-state index contributed by atoms with van der Waals surface area (Å²) in [7, 11) is 0. The molecule has 27 heavy (non-hydrogen) atoms. The van der Waals surface area contributed by atoms with E-state index in [0.717, 1.165) is 33.3 Å². The van der Waals surface area contributed by atoms with Crippen LogP contribution < -0.4 is 5.43 Å². The summed E-state index contributed by atoms with van der Waals surface area (Å²) in [5.41, 5.74) is 7.24. The normalized spacial score (nSPS) is 11.3. The first kappa shape index (κ1) is 17.2. The quantitative estimate of drug-likeness (QED) is 0.395. The molecule has 0 aliphatic rings. The lowest BCUT2D eigenvalue weighted by atomic mass is 10.1. The number of thiophene rings is 1. The highest BCUT2D eigenvalue weighted by Crippen LogP contribution is 2.25. The first-order chi connectivity index (χ1) is 13.3. The Hall–Kier alpha value is -3.25. The second kappa shape index (κ2) is 7.55. The lowest BCUT2D eigenvalue weighted by molar-refractivity contribution is 0.0957. The summed E-state index contributed by atoms with van der Waals surface area (Å²) in [4.78, 5) is 12.4. The van der Waals surface area contributed by atoms with E-state index in [1.807, 2.05) is 29.6 Å². The summed E-state index contributed by atoms with van der Waals surface area (Å²) in [5.74, 6) is -0.221. The van der Waals surface area contributed by atoms with Crippen molar-refractivity contribution in [3.05, 3.63) is 76.8 Å². The van der Waals surface area contributed by atoms with Crippen molar-refractivity contribution in [2.24, 2.45) is 5.10 Å². The molecule has 6 heteroatoms. The van der Waals surface area contributed by atoms with Crippen LogP contribution in [-0.4, -0.2) is 22.3 Å². The number of benzene rings is 2. The molecule has 0 bridgehead atoms. The van der Waals surface area contributed by atoms with Gasteiger partial charge < -0.3 is 0 Å². The summed E-state index contributed by atoms with van der Waals surface area (Å²) >= 11 is 1.55. The number of carbonyl (C=O) groups excluding carboxylic acids is 1. The monoisotopic (exact) mass is 374 g/mol. The molecular formula is C21H18N4OS. The average Bonchev–Trinajstić information content (AvgIpc) is 3.35. The lowest BCUT2D eigenvalue weighted by Crippen LogP contribution is -2.17. The smallest absolute Gasteiger partial charge is 0.272 e. The van der Waals surface area contributed by atoms with Gasteiger partial charge in [-0.2, -0.15) is 10.2 Å². The SMILES string of the molecule is CCc1ccc(-c2[nH]ncc2/C=N\NC(=O)c2csc3ccccc23)cc1. The Morgan fingerprint density at radius 1 is 1.22 bits per heavy atom. The second-order valence-electron chi connectivity index (χ2n) is 6.10. The summed E-state index contributed by atoms with van der Waals surface area (Å²) in [6.07, 6.45) is 4.30. The molecule has 0 radical (unpaired) electrons. The van der Waals surface area contributed by atoms with Crippen LogP contribution in [0.3, 0.4) is 0 Å². The number of rotatable bonds is 5. The molecule has 0 aliphatic heterocycles. The Kier molecular flexibility index (Phi) is 4.80. The zero-order valence-corrected chi connectivity index (χ0v) is 15.6. The third kappa shape index (κ3) is 3.52. The molecule has 4 rings (SSSR count). The number of H-pyrrole nitrogens is 1. The van der Waals surface area contributed by atoms with Crippen molar-refractivity contribution < 1.29 is 4.79 Å². The fraction of sp³-hybridized carbons (Fsp3) is 0.0952. The molecule has 2 heterocycles. The van der Waals surface area contributed by atoms with Crippen molar-refractivity contribution in [2.75, 3.05) is 0 Å². The molecule has 0 saturated carbocycles. The van der Waals surface area contributed by atoms with Crippen LogP contribution in [-0.2, 0) is 6.42 Å². The maximum Gasteiger partial charge on any atom is 0.272 e. The number of fused-ring (bicyclic) bond motifs is 1. The van der Waals surface area contributed by atoms with E-state index in [9.17, 15) is 4.79 Å². The van der Waals surface area contributed by atoms with E-state index in [0.29, 0.717) is 5.56 Å². The molecule has 2 N–H and O–H groups in total. The van der Waals surface area contributed by atoms with Crippen molar-refractivity contribution in [3.63, 3.8) is 0 Å². The Labute approximate surface area is 160 Å². The first-order valence-electron chi connectivity index (χ1n) is 8.68. The zero-order valence-electron chi connectivity index (χ0n) is 14.8. The number of hydrogen-bond donors (Lipinski definition) is 2. The van der Waals surface area contributed by atoms with E-state index in [1.54, 1.807) is 23.7 Å². The Morgan fingerprint density at radius 3 is 2.85 bits per heavy atom. The molecule has 0 atom stereocenters. The maximum atomic E-state index is 12.4. The van der Waals surface area contributed by atoms with Gasteiger partial charge in [0.2, 0.25) is 0 Å². The van der Waals surface area contributed by atoms with E-state index in [4.69, 9.17) is 0 Å². The molecule has 1 amide bonds. The van der Waals surface area contributed by atoms with E-state index in [-0.39, 0.29) is 5.91 Å². The Balaban J connectivity index is 1.50. The van der Waals surface area contributed by atoms with Gasteiger partial charge in [0, 0.05) is 26.6 Å². The maximum absolute atomic E-state index is 12.4. The molecule has 0 spiro atoms. The number of nitrogens with zero attached hydrogens (tertiary/aromatic N) is 2. The third-order valence-electron chi connectivity index (χ3n) is 4.41.